The maximum absolute atomic E-state index is 12.7. The number of carbonyl (C=O) groups is 1. The Labute approximate surface area is 96.5 Å². The average Bonchev–Trinajstić information content (AvgIpc) is 2.28. The van der Waals surface area contributed by atoms with E-state index >= 15 is 0 Å². The molecule has 5 nitrogen and oxygen atoms in total. The molecule has 0 unspecified atom stereocenters. The summed E-state index contributed by atoms with van der Waals surface area (Å²) in [5.74, 6) is -1.03. The number of hydrogen-bond acceptors (Lipinski definition) is 5. The van der Waals surface area contributed by atoms with Gasteiger partial charge in [-0.15, -0.1) is 0 Å². The SMILES string of the molecule is CCOC(=O)c1cc(N)c(OC)c(C(F)F)n1. The van der Waals surface area contributed by atoms with Gasteiger partial charge in [-0.05, 0) is 13.0 Å². The van der Waals surface area contributed by atoms with Crippen LogP contribution in [0.15, 0.2) is 6.07 Å². The van der Waals surface area contributed by atoms with Crippen LogP contribution in [0.5, 0.6) is 5.75 Å². The maximum Gasteiger partial charge on any atom is 0.357 e. The fourth-order valence-electron chi connectivity index (χ4n) is 1.25. The second-order valence-electron chi connectivity index (χ2n) is 3.04. The van der Waals surface area contributed by atoms with E-state index in [2.05, 4.69) is 9.72 Å². The number of halogens is 2. The fraction of sp³-hybridized carbons (Fsp3) is 0.400. The normalized spacial score (nSPS) is 10.4. The van der Waals surface area contributed by atoms with E-state index in [4.69, 9.17) is 10.5 Å². The predicted octanol–water partition coefficient (Wildman–Crippen LogP) is 1.79. The number of pyridine rings is 1. The lowest BCUT2D eigenvalue weighted by molar-refractivity contribution is 0.0517. The lowest BCUT2D eigenvalue weighted by Crippen LogP contribution is -2.11. The molecule has 0 fully saturated rings. The lowest BCUT2D eigenvalue weighted by atomic mass is 10.2. The van der Waals surface area contributed by atoms with Crippen LogP contribution in [0, 0.1) is 0 Å². The van der Waals surface area contributed by atoms with Gasteiger partial charge in [-0.25, -0.2) is 18.6 Å². The molecule has 0 aliphatic carbocycles. The number of nitrogens with zero attached hydrogens (tertiary/aromatic N) is 1. The molecule has 0 aromatic carbocycles. The van der Waals surface area contributed by atoms with Crippen molar-refractivity contribution in [2.45, 2.75) is 13.3 Å². The summed E-state index contributed by atoms with van der Waals surface area (Å²) < 4.78 is 34.7. The van der Waals surface area contributed by atoms with Crippen LogP contribution in [0.1, 0.15) is 29.5 Å². The summed E-state index contributed by atoms with van der Waals surface area (Å²) in [6.45, 7) is 1.72. The summed E-state index contributed by atoms with van der Waals surface area (Å²) in [5.41, 5.74) is 4.48. The summed E-state index contributed by atoms with van der Waals surface area (Å²) in [4.78, 5) is 14.8. The highest BCUT2D eigenvalue weighted by Crippen LogP contribution is 2.32. The Morgan fingerprint density at radius 1 is 1.59 bits per heavy atom. The quantitative estimate of drug-likeness (QED) is 0.820. The van der Waals surface area contributed by atoms with Crippen LogP contribution in [-0.4, -0.2) is 24.7 Å². The topological polar surface area (TPSA) is 74.4 Å². The minimum absolute atomic E-state index is 0.0825. The van der Waals surface area contributed by atoms with Gasteiger partial charge in [0.25, 0.3) is 6.43 Å². The Morgan fingerprint density at radius 2 is 2.24 bits per heavy atom. The molecule has 0 bridgehead atoms. The van der Waals surface area contributed by atoms with Crippen LogP contribution in [0.2, 0.25) is 0 Å². The van der Waals surface area contributed by atoms with Gasteiger partial charge in [-0.2, -0.15) is 0 Å². The van der Waals surface area contributed by atoms with Gasteiger partial charge < -0.3 is 15.2 Å². The van der Waals surface area contributed by atoms with E-state index in [1.54, 1.807) is 6.92 Å². The minimum atomic E-state index is -2.89. The molecule has 1 aromatic heterocycles. The van der Waals surface area contributed by atoms with Gasteiger partial charge in [0.1, 0.15) is 0 Å². The number of methoxy groups -OCH3 is 1. The van der Waals surface area contributed by atoms with Gasteiger partial charge in [-0.1, -0.05) is 0 Å². The molecule has 7 heteroatoms. The molecular weight excluding hydrogens is 234 g/mol. The Kier molecular flexibility index (Phi) is 4.19. The number of carbonyl (C=O) groups excluding carboxylic acids is 1. The molecular formula is C10H12F2N2O3. The van der Waals surface area contributed by atoms with E-state index < -0.39 is 18.1 Å². The summed E-state index contributed by atoms with van der Waals surface area (Å²) in [6, 6.07) is 1.14. The number of nitrogens with two attached hydrogens (primary N) is 1. The van der Waals surface area contributed by atoms with Gasteiger partial charge in [0.2, 0.25) is 0 Å². The number of alkyl halides is 2. The second-order valence-corrected chi connectivity index (χ2v) is 3.04. The lowest BCUT2D eigenvalue weighted by Gasteiger charge is -2.11. The van der Waals surface area contributed by atoms with Crippen LogP contribution in [0.3, 0.4) is 0 Å². The standard InChI is InChI=1S/C10H12F2N2O3/c1-3-17-10(15)6-4-5(13)8(16-2)7(14-6)9(11)12/h4,9H,3H2,1-2H3,(H2,13,14). The summed E-state index contributed by atoms with van der Waals surface area (Å²) in [7, 11) is 1.20. The van der Waals surface area contributed by atoms with Crippen molar-refractivity contribution in [2.75, 3.05) is 19.5 Å². The Morgan fingerprint density at radius 3 is 2.71 bits per heavy atom. The highest BCUT2D eigenvalue weighted by atomic mass is 19.3. The maximum atomic E-state index is 12.7. The van der Waals surface area contributed by atoms with E-state index in [-0.39, 0.29) is 23.7 Å². The Hall–Kier alpha value is -1.92. The van der Waals surface area contributed by atoms with Gasteiger partial charge >= 0.3 is 5.97 Å². The Balaban J connectivity index is 3.24. The largest absolute Gasteiger partial charge is 0.492 e. The van der Waals surface area contributed by atoms with Crippen molar-refractivity contribution in [2.24, 2.45) is 0 Å². The first kappa shape index (κ1) is 13.1. The van der Waals surface area contributed by atoms with Crippen molar-refractivity contribution >= 4 is 11.7 Å². The number of aromatic nitrogens is 1. The van der Waals surface area contributed by atoms with E-state index in [0.717, 1.165) is 6.07 Å². The average molecular weight is 246 g/mol. The number of rotatable bonds is 4. The minimum Gasteiger partial charge on any atom is -0.492 e. The molecule has 1 heterocycles. The van der Waals surface area contributed by atoms with Crippen molar-refractivity contribution in [3.8, 4) is 5.75 Å². The van der Waals surface area contributed by atoms with Crippen molar-refractivity contribution in [3.05, 3.63) is 17.5 Å². The van der Waals surface area contributed by atoms with E-state index in [0.29, 0.717) is 0 Å². The third-order valence-corrected chi connectivity index (χ3v) is 1.92. The molecule has 0 amide bonds. The van der Waals surface area contributed by atoms with Crippen molar-refractivity contribution in [3.63, 3.8) is 0 Å². The van der Waals surface area contributed by atoms with E-state index in [1.165, 1.54) is 7.11 Å². The highest BCUT2D eigenvalue weighted by molar-refractivity contribution is 5.89. The van der Waals surface area contributed by atoms with Crippen LogP contribution >= 0.6 is 0 Å². The molecule has 0 spiro atoms. The molecule has 0 radical (unpaired) electrons. The number of esters is 1. The van der Waals surface area contributed by atoms with E-state index in [1.807, 2.05) is 0 Å². The second kappa shape index (κ2) is 5.42. The molecule has 0 saturated carbocycles. The van der Waals surface area contributed by atoms with Crippen molar-refractivity contribution in [1.82, 2.24) is 4.98 Å². The highest BCUT2D eigenvalue weighted by Gasteiger charge is 2.22. The molecule has 0 atom stereocenters. The zero-order valence-electron chi connectivity index (χ0n) is 9.37. The fourth-order valence-corrected chi connectivity index (χ4v) is 1.25. The third-order valence-electron chi connectivity index (χ3n) is 1.92. The van der Waals surface area contributed by atoms with Crippen LogP contribution in [0.4, 0.5) is 14.5 Å². The monoisotopic (exact) mass is 246 g/mol. The first-order valence-corrected chi connectivity index (χ1v) is 4.80. The van der Waals surface area contributed by atoms with Gasteiger partial charge in [0.15, 0.2) is 17.1 Å². The first-order valence-electron chi connectivity index (χ1n) is 4.80. The first-order chi connectivity index (χ1) is 8.01. The summed E-state index contributed by atoms with van der Waals surface area (Å²) in [6.07, 6.45) is -2.89. The van der Waals surface area contributed by atoms with Crippen molar-refractivity contribution in [1.29, 1.82) is 0 Å². The number of hydrogen-bond donors (Lipinski definition) is 1. The predicted molar refractivity (Wildman–Crippen MR) is 56.1 cm³/mol. The van der Waals surface area contributed by atoms with Crippen LogP contribution < -0.4 is 10.5 Å². The van der Waals surface area contributed by atoms with Gasteiger partial charge in [-0.3, -0.25) is 0 Å². The van der Waals surface area contributed by atoms with Gasteiger partial charge in [0, 0.05) is 0 Å². The molecule has 17 heavy (non-hydrogen) atoms. The molecule has 1 aromatic rings. The zero-order chi connectivity index (χ0) is 13.0. The molecule has 94 valence electrons. The van der Waals surface area contributed by atoms with Crippen LogP contribution in [0.25, 0.3) is 0 Å². The molecule has 1 rings (SSSR count). The summed E-state index contributed by atoms with van der Waals surface area (Å²) in [5, 5.41) is 0. The molecule has 0 aliphatic rings. The van der Waals surface area contributed by atoms with Crippen molar-refractivity contribution < 1.29 is 23.0 Å². The number of ether oxygens (including phenoxy) is 2. The summed E-state index contributed by atoms with van der Waals surface area (Å²) >= 11 is 0. The molecule has 0 saturated heterocycles. The van der Waals surface area contributed by atoms with Crippen LogP contribution in [-0.2, 0) is 4.74 Å². The smallest absolute Gasteiger partial charge is 0.357 e. The zero-order valence-corrected chi connectivity index (χ0v) is 9.37. The Bertz CT molecular complexity index is 424. The van der Waals surface area contributed by atoms with E-state index in [9.17, 15) is 13.6 Å². The molecule has 0 aliphatic heterocycles. The number of nitrogen functional groups attached to an aromatic ring is 1. The number of anilines is 1. The third kappa shape index (κ3) is 2.80. The molecule has 2 N–H and O–H groups in total. The van der Waals surface area contributed by atoms with Gasteiger partial charge in [0.05, 0.1) is 19.4 Å².